The SMILES string of the molecule is [C-]#[N+]C1=C[C@@]2(C)c3nc(-c4ccncc4)nc(-c4ccc(C)cc4)c3CC[C@@H]2[C@@H](C)C1=O.[C-]#[N+]C1=C[C@@]2(C)c3nc(-c4ccncc4)nc(-c4cccc(C)c4)c3CC[C@@H]2[C@@H](C)C1=O.[C-]#[N+]C1=C[C@@]2(C)c3nc(-c4ccncc4)nc(-c4cccnc4)c3CC[C@@H]2[C@@H](C)C1=O. The molecule has 0 fully saturated rings. The van der Waals surface area contributed by atoms with Crippen LogP contribution in [0.4, 0.5) is 0 Å². The van der Waals surface area contributed by atoms with Gasteiger partial charge >= 0.3 is 0 Å². The van der Waals surface area contributed by atoms with Gasteiger partial charge in [-0.15, -0.1) is 0 Å². The van der Waals surface area contributed by atoms with Crippen molar-refractivity contribution in [3.8, 4) is 67.9 Å². The van der Waals surface area contributed by atoms with Gasteiger partial charge in [0.25, 0.3) is 0 Å². The number of aromatic nitrogens is 10. The fourth-order valence-corrected chi connectivity index (χ4v) is 15.8. The first-order valence-electron chi connectivity index (χ1n) is 32.3. The number of ketones is 3. The molecule has 0 saturated heterocycles. The molecule has 95 heavy (non-hydrogen) atoms. The molecule has 0 radical (unpaired) electrons. The summed E-state index contributed by atoms with van der Waals surface area (Å²) < 4.78 is 0. The molecule has 468 valence electrons. The molecule has 6 aliphatic rings. The maximum absolute atomic E-state index is 12.8. The Balaban J connectivity index is 0.000000129. The van der Waals surface area contributed by atoms with Crippen LogP contribution in [-0.4, -0.2) is 67.2 Å². The van der Waals surface area contributed by atoms with Gasteiger partial charge in [-0.25, -0.2) is 44.4 Å². The van der Waals surface area contributed by atoms with E-state index in [1.54, 1.807) is 43.4 Å². The van der Waals surface area contributed by atoms with Gasteiger partial charge in [-0.3, -0.25) is 19.9 Å². The highest BCUT2D eigenvalue weighted by Gasteiger charge is 2.53. The van der Waals surface area contributed by atoms with E-state index in [-0.39, 0.29) is 69.9 Å². The minimum atomic E-state index is -0.511. The molecule has 0 saturated carbocycles. The standard InChI is InChI=1S/2C27H24N4O.C25H21N5O/c1-16-5-7-18(8-6-16)23-20-9-10-21-17(2)24(32)22(28-4)15-27(21,3)25(20)31-26(30-23)19-11-13-29-14-12-19;1-16-6-5-7-19(14-16)23-20-8-9-21-17(2)24(32)22(28-4)15-27(21,3)25(20)31-26(30-23)18-10-12-29-13-11-18;1-15-19-7-6-18-21(17-5-4-10-28-14-17)29-24(16-8-11-27-12-9-16)30-23(18)25(19,2)13-20(26-3)22(15)31/h5-8,11-15,17,21H,9-10H2,1-3H3;5-7,10-15,17,21H,8-9H2,1-3H3;4-5,8-15,19H,6-7H2,1-2H3/t2*17-,21-,27-;15-,19-,25-/m111/s1. The van der Waals surface area contributed by atoms with Gasteiger partial charge in [0.05, 0.1) is 53.9 Å². The number of carbonyl (C=O) groups is 3. The van der Waals surface area contributed by atoms with Crippen LogP contribution in [0.25, 0.3) is 82.5 Å². The highest BCUT2D eigenvalue weighted by molar-refractivity contribution is 6.02. The maximum atomic E-state index is 12.8. The molecule has 0 amide bonds. The number of rotatable bonds is 6. The Bertz CT molecular complexity index is 4800. The molecular formula is C79H69N13O3. The zero-order valence-electron chi connectivity index (χ0n) is 54.3. The number of pyridine rings is 4. The summed E-state index contributed by atoms with van der Waals surface area (Å²) in [5.41, 5.74) is 16.1. The van der Waals surface area contributed by atoms with Crippen molar-refractivity contribution in [3.05, 3.63) is 261 Å². The lowest BCUT2D eigenvalue weighted by atomic mass is 9.58. The van der Waals surface area contributed by atoms with Crippen LogP contribution in [0.1, 0.15) is 106 Å². The molecule has 9 atom stereocenters. The first-order chi connectivity index (χ1) is 45.9. The molecule has 6 aliphatic carbocycles. The maximum Gasteiger partial charge on any atom is 0.226 e. The van der Waals surface area contributed by atoms with Crippen LogP contribution in [0.2, 0.25) is 0 Å². The van der Waals surface area contributed by atoms with E-state index in [0.717, 1.165) is 123 Å². The molecular weight excluding hydrogens is 1180 g/mol. The van der Waals surface area contributed by atoms with Gasteiger partial charge in [-0.2, -0.15) is 0 Å². The second-order valence-corrected chi connectivity index (χ2v) is 26.5. The fourth-order valence-electron chi connectivity index (χ4n) is 15.8. The number of hydrogen-bond acceptors (Lipinski definition) is 13. The normalized spacial score (nSPS) is 24.3. The number of allylic oxidation sites excluding steroid dienone is 6. The van der Waals surface area contributed by atoms with Crippen LogP contribution in [0.3, 0.4) is 0 Å². The first-order valence-corrected chi connectivity index (χ1v) is 32.3. The highest BCUT2D eigenvalue weighted by atomic mass is 16.1. The molecule has 0 aliphatic heterocycles. The Morgan fingerprint density at radius 3 is 1.09 bits per heavy atom. The average molecular weight is 1250 g/mol. The number of benzene rings is 2. The average Bonchev–Trinajstić information content (AvgIpc) is 0.737. The van der Waals surface area contributed by atoms with E-state index in [0.29, 0.717) is 17.5 Å². The van der Waals surface area contributed by atoms with E-state index in [1.807, 2.05) is 93.7 Å². The van der Waals surface area contributed by atoms with Crippen molar-refractivity contribution in [2.45, 2.75) is 110 Å². The van der Waals surface area contributed by atoms with Crippen LogP contribution in [0, 0.1) is 69.1 Å². The molecule has 16 nitrogen and oxygen atoms in total. The zero-order chi connectivity index (χ0) is 66.5. The smallest absolute Gasteiger partial charge is 0.226 e. The molecule has 0 unspecified atom stereocenters. The monoisotopic (exact) mass is 1250 g/mol. The summed E-state index contributed by atoms with van der Waals surface area (Å²) in [4.78, 5) is 95.7. The second-order valence-electron chi connectivity index (χ2n) is 26.5. The molecule has 2 aromatic carbocycles. The summed E-state index contributed by atoms with van der Waals surface area (Å²) in [6.07, 6.45) is 24.6. The third-order valence-corrected chi connectivity index (χ3v) is 20.8. The number of hydrogen-bond donors (Lipinski definition) is 0. The summed E-state index contributed by atoms with van der Waals surface area (Å²) in [6.45, 7) is 39.1. The van der Waals surface area contributed by atoms with E-state index in [4.69, 9.17) is 49.6 Å². The summed E-state index contributed by atoms with van der Waals surface area (Å²) in [5.74, 6) is 1.44. The van der Waals surface area contributed by atoms with E-state index in [2.05, 4.69) is 118 Å². The Labute approximate surface area is 553 Å². The van der Waals surface area contributed by atoms with Gasteiger partial charge in [-0.05, 0) is 125 Å². The number of fused-ring (bicyclic) bond motifs is 9. The van der Waals surface area contributed by atoms with Crippen molar-refractivity contribution < 1.29 is 14.4 Å². The molecule has 16 heteroatoms. The molecule has 7 aromatic heterocycles. The lowest BCUT2D eigenvalue weighted by Gasteiger charge is -2.46. The van der Waals surface area contributed by atoms with Crippen molar-refractivity contribution in [1.29, 1.82) is 0 Å². The number of aryl methyl sites for hydroxylation is 2. The Morgan fingerprint density at radius 1 is 0.389 bits per heavy atom. The number of carbonyl (C=O) groups excluding carboxylic acids is 3. The van der Waals surface area contributed by atoms with Crippen molar-refractivity contribution in [2.24, 2.45) is 35.5 Å². The zero-order valence-corrected chi connectivity index (χ0v) is 54.3. The van der Waals surface area contributed by atoms with Crippen LogP contribution in [0.5, 0.6) is 0 Å². The Hall–Kier alpha value is -11.0. The summed E-state index contributed by atoms with van der Waals surface area (Å²) >= 11 is 0. The Kier molecular flexibility index (Phi) is 16.6. The summed E-state index contributed by atoms with van der Waals surface area (Å²) in [6, 6.07) is 32.1. The van der Waals surface area contributed by atoms with Gasteiger partial charge < -0.3 is 14.4 Å². The van der Waals surface area contributed by atoms with Gasteiger partial charge in [-0.1, -0.05) is 113 Å². The third-order valence-electron chi connectivity index (χ3n) is 20.8. The lowest BCUT2D eigenvalue weighted by molar-refractivity contribution is -0.122. The van der Waals surface area contributed by atoms with Crippen molar-refractivity contribution in [3.63, 3.8) is 0 Å². The van der Waals surface area contributed by atoms with Gasteiger partial charge in [0.15, 0.2) is 34.8 Å². The minimum absolute atomic E-state index is 0.0479. The highest BCUT2D eigenvalue weighted by Crippen LogP contribution is 2.54. The summed E-state index contributed by atoms with van der Waals surface area (Å²) in [5, 5.41) is 0. The minimum Gasteiger partial charge on any atom is -0.308 e. The van der Waals surface area contributed by atoms with Crippen molar-refractivity contribution in [2.75, 3.05) is 0 Å². The predicted molar refractivity (Wildman–Crippen MR) is 363 cm³/mol. The van der Waals surface area contributed by atoms with Crippen molar-refractivity contribution >= 4 is 17.3 Å². The second kappa shape index (κ2) is 25.1. The quantitative estimate of drug-likeness (QED) is 0.143. The van der Waals surface area contributed by atoms with Crippen LogP contribution in [0.15, 0.2) is 182 Å². The van der Waals surface area contributed by atoms with Gasteiger partial charge in [0.1, 0.15) is 0 Å². The van der Waals surface area contributed by atoms with E-state index >= 15 is 0 Å². The molecule has 0 bridgehead atoms. The predicted octanol–water partition coefficient (Wildman–Crippen LogP) is 15.2. The van der Waals surface area contributed by atoms with Gasteiger partial charge in [0, 0.05) is 134 Å². The largest absolute Gasteiger partial charge is 0.308 e. The van der Waals surface area contributed by atoms with Crippen LogP contribution in [-0.2, 0) is 49.9 Å². The van der Waals surface area contributed by atoms with Crippen LogP contribution >= 0.6 is 0 Å². The third kappa shape index (κ3) is 11.1. The lowest BCUT2D eigenvalue weighted by Crippen LogP contribution is -2.46. The summed E-state index contributed by atoms with van der Waals surface area (Å²) in [7, 11) is 0. The molecule has 7 heterocycles. The van der Waals surface area contributed by atoms with E-state index < -0.39 is 16.2 Å². The molecule has 0 N–H and O–H groups in total. The number of Topliss-reactive ketones (excluding diaryl/α,β-unsaturated/α-hetero) is 3. The molecule has 15 rings (SSSR count). The first kappa shape index (κ1) is 62.8. The number of nitrogens with zero attached hydrogens (tertiary/aromatic N) is 13. The molecule has 0 spiro atoms. The topological polar surface area (TPSA) is 193 Å². The van der Waals surface area contributed by atoms with Crippen LogP contribution < -0.4 is 0 Å². The fraction of sp³-hybridized carbons (Fsp3) is 0.291. The van der Waals surface area contributed by atoms with Crippen molar-refractivity contribution in [1.82, 2.24) is 49.8 Å². The van der Waals surface area contributed by atoms with E-state index in [9.17, 15) is 14.4 Å². The Morgan fingerprint density at radius 2 is 0.747 bits per heavy atom. The van der Waals surface area contributed by atoms with E-state index in [1.165, 1.54) is 11.1 Å². The van der Waals surface area contributed by atoms with Gasteiger partial charge in [0.2, 0.25) is 17.1 Å². The molecule has 9 aromatic rings.